The first-order valence-electron chi connectivity index (χ1n) is 4.21. The van der Waals surface area contributed by atoms with Crippen LogP contribution in [0.15, 0.2) is 12.7 Å². The first-order chi connectivity index (χ1) is 5.61. The third kappa shape index (κ3) is 4.13. The second-order valence-electron chi connectivity index (χ2n) is 3.01. The van der Waals surface area contributed by atoms with Gasteiger partial charge in [-0.25, -0.2) is 0 Å². The van der Waals surface area contributed by atoms with E-state index < -0.39 is 0 Å². The summed E-state index contributed by atoms with van der Waals surface area (Å²) in [6, 6.07) is 0.150. The molecule has 2 unspecified atom stereocenters. The molecule has 0 aliphatic carbocycles. The average Bonchev–Trinajstić information content (AvgIpc) is 2.04. The summed E-state index contributed by atoms with van der Waals surface area (Å²) in [6.45, 7) is 5.54. The van der Waals surface area contributed by atoms with Crippen molar-refractivity contribution in [2.75, 3.05) is 7.05 Å². The van der Waals surface area contributed by atoms with Gasteiger partial charge in [-0.2, -0.15) is 0 Å². The Morgan fingerprint density at radius 3 is 2.58 bits per heavy atom. The minimum Gasteiger partial charge on any atom is -0.359 e. The van der Waals surface area contributed by atoms with Gasteiger partial charge in [0.1, 0.15) is 0 Å². The zero-order valence-electron chi connectivity index (χ0n) is 7.84. The average molecular weight is 170 g/mol. The van der Waals surface area contributed by atoms with Crippen molar-refractivity contribution in [1.29, 1.82) is 0 Å². The van der Waals surface area contributed by atoms with E-state index in [1.165, 1.54) is 0 Å². The van der Waals surface area contributed by atoms with Crippen molar-refractivity contribution >= 4 is 5.91 Å². The van der Waals surface area contributed by atoms with Crippen molar-refractivity contribution in [3.8, 4) is 0 Å². The van der Waals surface area contributed by atoms with E-state index in [0.717, 1.165) is 12.8 Å². The fraction of sp³-hybridized carbons (Fsp3) is 0.667. The van der Waals surface area contributed by atoms with Crippen molar-refractivity contribution < 1.29 is 4.79 Å². The summed E-state index contributed by atoms with van der Waals surface area (Å²) in [5, 5.41) is 2.59. The molecule has 0 aromatic heterocycles. The molecular formula is C9H18N2O. The highest BCUT2D eigenvalue weighted by atomic mass is 16.1. The predicted molar refractivity (Wildman–Crippen MR) is 50.6 cm³/mol. The lowest BCUT2D eigenvalue weighted by molar-refractivity contribution is -0.123. The number of amides is 1. The van der Waals surface area contributed by atoms with Crippen LogP contribution in [0.5, 0.6) is 0 Å². The summed E-state index contributed by atoms with van der Waals surface area (Å²) in [5.74, 6) is -0.0772. The van der Waals surface area contributed by atoms with Crippen LogP contribution < -0.4 is 11.1 Å². The number of nitrogens with one attached hydrogen (secondary N) is 1. The number of hydrogen-bond donors (Lipinski definition) is 2. The zero-order chi connectivity index (χ0) is 9.56. The van der Waals surface area contributed by atoms with Gasteiger partial charge in [-0.15, -0.1) is 6.58 Å². The maximum atomic E-state index is 11.1. The van der Waals surface area contributed by atoms with E-state index in [1.807, 2.05) is 6.92 Å². The Kier molecular flexibility index (Phi) is 5.37. The molecule has 3 heteroatoms. The Morgan fingerprint density at radius 2 is 2.25 bits per heavy atom. The highest BCUT2D eigenvalue weighted by molar-refractivity contribution is 5.79. The lowest BCUT2D eigenvalue weighted by Gasteiger charge is -2.11. The molecule has 0 fully saturated rings. The Balaban J connectivity index is 3.83. The van der Waals surface area contributed by atoms with Crippen LogP contribution in [0.3, 0.4) is 0 Å². The predicted octanol–water partition coefficient (Wildman–Crippen LogP) is 0.662. The molecule has 0 radical (unpaired) electrons. The molecule has 0 saturated carbocycles. The molecule has 70 valence electrons. The molecule has 0 aliphatic rings. The maximum Gasteiger partial charge on any atom is 0.226 e. The molecule has 3 N–H and O–H groups in total. The van der Waals surface area contributed by atoms with Crippen molar-refractivity contribution in [2.24, 2.45) is 11.7 Å². The molecule has 3 nitrogen and oxygen atoms in total. The topological polar surface area (TPSA) is 55.1 Å². The first-order valence-corrected chi connectivity index (χ1v) is 4.21. The van der Waals surface area contributed by atoms with Gasteiger partial charge in [-0.05, 0) is 19.8 Å². The Morgan fingerprint density at radius 1 is 1.67 bits per heavy atom. The van der Waals surface area contributed by atoms with E-state index in [2.05, 4.69) is 11.9 Å². The summed E-state index contributed by atoms with van der Waals surface area (Å²) in [5.41, 5.74) is 5.57. The lowest BCUT2D eigenvalue weighted by atomic mass is 10.00. The molecule has 0 aliphatic heterocycles. The van der Waals surface area contributed by atoms with Crippen molar-refractivity contribution in [3.05, 3.63) is 12.7 Å². The van der Waals surface area contributed by atoms with Gasteiger partial charge in [-0.1, -0.05) is 6.08 Å². The normalized spacial score (nSPS) is 14.9. The summed E-state index contributed by atoms with van der Waals surface area (Å²) in [4.78, 5) is 11.1. The Hall–Kier alpha value is -0.830. The number of carbonyl (C=O) groups excluding carboxylic acids is 1. The summed E-state index contributed by atoms with van der Waals surface area (Å²) in [7, 11) is 1.63. The molecule has 0 aromatic rings. The number of rotatable bonds is 5. The minimum atomic E-state index is -0.0963. The Bertz CT molecular complexity index is 155. The quantitative estimate of drug-likeness (QED) is 0.596. The maximum absolute atomic E-state index is 11.1. The van der Waals surface area contributed by atoms with Crippen molar-refractivity contribution in [2.45, 2.75) is 25.8 Å². The van der Waals surface area contributed by atoms with Gasteiger partial charge in [-0.3, -0.25) is 4.79 Å². The van der Waals surface area contributed by atoms with E-state index in [4.69, 9.17) is 5.73 Å². The molecular weight excluding hydrogens is 152 g/mol. The van der Waals surface area contributed by atoms with Crippen LogP contribution in [-0.2, 0) is 4.79 Å². The molecule has 12 heavy (non-hydrogen) atoms. The first kappa shape index (κ1) is 11.2. The van der Waals surface area contributed by atoms with Crippen LogP contribution in [0, 0.1) is 5.92 Å². The lowest BCUT2D eigenvalue weighted by Crippen LogP contribution is -2.27. The highest BCUT2D eigenvalue weighted by Crippen LogP contribution is 2.08. The highest BCUT2D eigenvalue weighted by Gasteiger charge is 2.12. The summed E-state index contributed by atoms with van der Waals surface area (Å²) in [6.07, 6.45) is 3.30. The van der Waals surface area contributed by atoms with E-state index in [1.54, 1.807) is 13.1 Å². The van der Waals surface area contributed by atoms with Crippen molar-refractivity contribution in [1.82, 2.24) is 5.32 Å². The largest absolute Gasteiger partial charge is 0.359 e. The SMILES string of the molecule is C=CC(CCC(C)N)C(=O)NC. The van der Waals surface area contributed by atoms with Gasteiger partial charge in [0.2, 0.25) is 5.91 Å². The zero-order valence-corrected chi connectivity index (χ0v) is 7.84. The van der Waals surface area contributed by atoms with Crippen LogP contribution in [0.4, 0.5) is 0 Å². The van der Waals surface area contributed by atoms with E-state index in [0.29, 0.717) is 0 Å². The van der Waals surface area contributed by atoms with Gasteiger partial charge >= 0.3 is 0 Å². The molecule has 0 rings (SSSR count). The third-order valence-electron chi connectivity index (χ3n) is 1.80. The standard InChI is InChI=1S/C9H18N2O/c1-4-8(9(12)11-3)6-5-7(2)10/h4,7-8H,1,5-6,10H2,2-3H3,(H,11,12). The van der Waals surface area contributed by atoms with Gasteiger partial charge in [0, 0.05) is 13.1 Å². The Labute approximate surface area is 74.0 Å². The van der Waals surface area contributed by atoms with Crippen LogP contribution in [0.1, 0.15) is 19.8 Å². The van der Waals surface area contributed by atoms with Crippen LogP contribution in [0.25, 0.3) is 0 Å². The van der Waals surface area contributed by atoms with Gasteiger partial charge in [0.15, 0.2) is 0 Å². The third-order valence-corrected chi connectivity index (χ3v) is 1.80. The summed E-state index contributed by atoms with van der Waals surface area (Å²) >= 11 is 0. The molecule has 0 heterocycles. The fourth-order valence-electron chi connectivity index (χ4n) is 0.984. The molecule has 1 amide bonds. The molecule has 2 atom stereocenters. The monoisotopic (exact) mass is 170 g/mol. The molecule has 0 saturated heterocycles. The van der Waals surface area contributed by atoms with Crippen molar-refractivity contribution in [3.63, 3.8) is 0 Å². The second kappa shape index (κ2) is 5.77. The van der Waals surface area contributed by atoms with Gasteiger partial charge in [0.05, 0.1) is 5.92 Å². The van der Waals surface area contributed by atoms with Crippen LogP contribution in [-0.4, -0.2) is 19.0 Å². The van der Waals surface area contributed by atoms with E-state index in [-0.39, 0.29) is 17.9 Å². The molecule has 0 aromatic carbocycles. The second-order valence-corrected chi connectivity index (χ2v) is 3.01. The number of nitrogens with two attached hydrogens (primary N) is 1. The number of carbonyl (C=O) groups is 1. The number of hydrogen-bond acceptors (Lipinski definition) is 2. The van der Waals surface area contributed by atoms with Gasteiger partial charge in [0.25, 0.3) is 0 Å². The fourth-order valence-corrected chi connectivity index (χ4v) is 0.984. The van der Waals surface area contributed by atoms with Gasteiger partial charge < -0.3 is 11.1 Å². The summed E-state index contributed by atoms with van der Waals surface area (Å²) < 4.78 is 0. The smallest absolute Gasteiger partial charge is 0.226 e. The van der Waals surface area contributed by atoms with E-state index >= 15 is 0 Å². The minimum absolute atomic E-state index is 0.0191. The van der Waals surface area contributed by atoms with Crippen LogP contribution >= 0.6 is 0 Å². The molecule has 0 spiro atoms. The molecule has 0 bridgehead atoms. The van der Waals surface area contributed by atoms with Crippen LogP contribution in [0.2, 0.25) is 0 Å². The van der Waals surface area contributed by atoms with E-state index in [9.17, 15) is 4.79 Å².